The van der Waals surface area contributed by atoms with Crippen molar-refractivity contribution < 1.29 is 8.76 Å². The molecule has 0 saturated heterocycles. The lowest BCUT2D eigenvalue weighted by molar-refractivity contribution is 0.482. The van der Waals surface area contributed by atoms with E-state index in [9.17, 15) is 8.76 Å². The van der Waals surface area contributed by atoms with Crippen LogP contribution in [0, 0.1) is 5.41 Å². The average molecular weight is 171 g/mol. The van der Waals surface area contributed by atoms with Gasteiger partial charge < -0.3 is 4.55 Å². The maximum Gasteiger partial charge on any atom is 0.0206 e. The molecule has 0 aromatic carbocycles. The molecular weight excluding hydrogens is 160 g/mol. The van der Waals surface area contributed by atoms with Crippen LogP contribution in [0.25, 0.3) is 0 Å². The molecule has 0 amide bonds. The highest BCUT2D eigenvalue weighted by Gasteiger charge is 2.15. The molecule has 0 bridgehead atoms. The van der Waals surface area contributed by atoms with Crippen LogP contribution in [0.15, 0.2) is 23.1 Å². The summed E-state index contributed by atoms with van der Waals surface area (Å²) in [7, 11) is 0. The van der Waals surface area contributed by atoms with Gasteiger partial charge >= 0.3 is 0 Å². The molecule has 11 heavy (non-hydrogen) atoms. The molecule has 1 aliphatic rings. The third-order valence-corrected chi connectivity index (χ3v) is 2.41. The zero-order valence-corrected chi connectivity index (χ0v) is 7.48. The third-order valence-electron chi connectivity index (χ3n) is 1.72. The zero-order valence-electron chi connectivity index (χ0n) is 6.66. The summed E-state index contributed by atoms with van der Waals surface area (Å²) in [6.45, 7) is 4.15. The summed E-state index contributed by atoms with van der Waals surface area (Å²) in [4.78, 5) is 0.407. The Morgan fingerprint density at radius 3 is 2.64 bits per heavy atom. The van der Waals surface area contributed by atoms with Gasteiger partial charge in [-0.05, 0) is 22.9 Å². The van der Waals surface area contributed by atoms with Crippen LogP contribution in [0.2, 0.25) is 0 Å². The van der Waals surface area contributed by atoms with E-state index in [0.717, 1.165) is 6.42 Å². The van der Waals surface area contributed by atoms with Gasteiger partial charge in [0.2, 0.25) is 0 Å². The number of hydrogen-bond acceptors (Lipinski definition) is 2. The lowest BCUT2D eigenvalue weighted by Gasteiger charge is -2.23. The standard InChI is InChI=1S/C8H12O2S/c1-8(2)5-3-7(4-6-8)11(9)10/h3-5H,6H2,1-2H3,(H,9,10)/p-1. The summed E-state index contributed by atoms with van der Waals surface area (Å²) in [5.41, 5.74) is 0.114. The highest BCUT2D eigenvalue weighted by molar-refractivity contribution is 7.83. The van der Waals surface area contributed by atoms with Crippen LogP contribution in [-0.4, -0.2) is 8.76 Å². The van der Waals surface area contributed by atoms with E-state index in [2.05, 4.69) is 13.8 Å². The topological polar surface area (TPSA) is 40.1 Å². The molecule has 0 radical (unpaired) electrons. The summed E-state index contributed by atoms with van der Waals surface area (Å²) in [6.07, 6.45) is 6.14. The largest absolute Gasteiger partial charge is 0.768 e. The lowest BCUT2D eigenvalue weighted by Crippen LogP contribution is -2.10. The second-order valence-electron chi connectivity index (χ2n) is 3.37. The molecule has 0 aliphatic heterocycles. The van der Waals surface area contributed by atoms with Gasteiger partial charge in [-0.2, -0.15) is 0 Å². The molecule has 0 aromatic heterocycles. The maximum atomic E-state index is 10.4. The van der Waals surface area contributed by atoms with Gasteiger partial charge in [0, 0.05) is 4.91 Å². The van der Waals surface area contributed by atoms with Crippen molar-refractivity contribution in [1.29, 1.82) is 0 Å². The van der Waals surface area contributed by atoms with Crippen LogP contribution in [0.1, 0.15) is 20.3 Å². The molecule has 0 fully saturated rings. The molecule has 2 nitrogen and oxygen atoms in total. The molecule has 3 heteroatoms. The van der Waals surface area contributed by atoms with Crippen LogP contribution < -0.4 is 0 Å². The smallest absolute Gasteiger partial charge is 0.0206 e. The Kier molecular flexibility index (Phi) is 2.30. The summed E-state index contributed by atoms with van der Waals surface area (Å²) in [5.74, 6) is 0. The van der Waals surface area contributed by atoms with Crippen molar-refractivity contribution in [2.45, 2.75) is 20.3 Å². The van der Waals surface area contributed by atoms with Crippen molar-refractivity contribution in [2.24, 2.45) is 5.41 Å². The van der Waals surface area contributed by atoms with Crippen molar-refractivity contribution in [2.75, 3.05) is 0 Å². The molecule has 0 aromatic rings. The Morgan fingerprint density at radius 1 is 1.64 bits per heavy atom. The van der Waals surface area contributed by atoms with Crippen molar-refractivity contribution in [1.82, 2.24) is 0 Å². The van der Waals surface area contributed by atoms with E-state index in [1.807, 2.05) is 6.08 Å². The first-order chi connectivity index (χ1) is 5.01. The molecule has 62 valence electrons. The summed E-state index contributed by atoms with van der Waals surface area (Å²) < 4.78 is 20.9. The molecule has 0 N–H and O–H groups in total. The maximum absolute atomic E-state index is 10.4. The minimum Gasteiger partial charge on any atom is -0.768 e. The van der Waals surface area contributed by atoms with E-state index in [1.54, 1.807) is 12.2 Å². The molecule has 0 saturated carbocycles. The molecule has 1 atom stereocenters. The summed E-state index contributed by atoms with van der Waals surface area (Å²) >= 11 is -2.06. The van der Waals surface area contributed by atoms with Gasteiger partial charge in [-0.1, -0.05) is 32.1 Å². The predicted molar refractivity (Wildman–Crippen MR) is 44.5 cm³/mol. The number of allylic oxidation sites excluding steroid dienone is 3. The molecule has 1 aliphatic carbocycles. The Labute approximate surface area is 69.3 Å². The Hall–Kier alpha value is -0.410. The quantitative estimate of drug-likeness (QED) is 0.564. The first-order valence-electron chi connectivity index (χ1n) is 3.50. The van der Waals surface area contributed by atoms with Crippen LogP contribution >= 0.6 is 0 Å². The highest BCUT2D eigenvalue weighted by Crippen LogP contribution is 2.28. The summed E-state index contributed by atoms with van der Waals surface area (Å²) in [6, 6.07) is 0. The Balaban J connectivity index is 2.75. The van der Waals surface area contributed by atoms with Crippen molar-refractivity contribution >= 4 is 11.1 Å². The van der Waals surface area contributed by atoms with Gasteiger partial charge in [-0.3, -0.25) is 4.21 Å². The van der Waals surface area contributed by atoms with Gasteiger partial charge in [-0.15, -0.1) is 0 Å². The predicted octanol–water partition coefficient (Wildman–Crippen LogP) is 1.74. The first kappa shape index (κ1) is 8.68. The first-order valence-corrected chi connectivity index (χ1v) is 4.57. The fourth-order valence-electron chi connectivity index (χ4n) is 0.931. The molecule has 0 heterocycles. The van der Waals surface area contributed by atoms with Crippen molar-refractivity contribution in [3.05, 3.63) is 23.1 Å². The van der Waals surface area contributed by atoms with Crippen molar-refractivity contribution in [3.63, 3.8) is 0 Å². The van der Waals surface area contributed by atoms with Crippen LogP contribution in [0.5, 0.6) is 0 Å². The van der Waals surface area contributed by atoms with E-state index < -0.39 is 11.1 Å². The average Bonchev–Trinajstić information content (AvgIpc) is 1.86. The molecular formula is C8H11O2S-. The van der Waals surface area contributed by atoms with E-state index in [1.165, 1.54) is 0 Å². The van der Waals surface area contributed by atoms with Gasteiger partial charge in [-0.25, -0.2) is 0 Å². The van der Waals surface area contributed by atoms with E-state index in [-0.39, 0.29) is 5.41 Å². The van der Waals surface area contributed by atoms with Crippen LogP contribution in [0.3, 0.4) is 0 Å². The third kappa shape index (κ3) is 2.27. The highest BCUT2D eigenvalue weighted by atomic mass is 32.2. The molecule has 0 spiro atoms. The summed E-state index contributed by atoms with van der Waals surface area (Å²) in [5, 5.41) is 0. The SMILES string of the molecule is CC1(C)C=CC(S(=O)[O-])=CC1. The lowest BCUT2D eigenvalue weighted by atomic mass is 9.86. The fraction of sp³-hybridized carbons (Fsp3) is 0.500. The minimum atomic E-state index is -2.06. The van der Waals surface area contributed by atoms with Crippen LogP contribution in [-0.2, 0) is 11.1 Å². The molecule has 1 rings (SSSR count). The number of hydrogen-bond donors (Lipinski definition) is 0. The monoisotopic (exact) mass is 171 g/mol. The normalized spacial score (nSPS) is 24.5. The van der Waals surface area contributed by atoms with Crippen molar-refractivity contribution in [3.8, 4) is 0 Å². The zero-order chi connectivity index (χ0) is 8.48. The Morgan fingerprint density at radius 2 is 2.27 bits per heavy atom. The Bertz CT molecular complexity index is 238. The second-order valence-corrected chi connectivity index (χ2v) is 4.31. The van der Waals surface area contributed by atoms with Gasteiger partial charge in [0.15, 0.2) is 0 Å². The number of rotatable bonds is 1. The minimum absolute atomic E-state index is 0.114. The second kappa shape index (κ2) is 2.91. The van der Waals surface area contributed by atoms with Gasteiger partial charge in [0.25, 0.3) is 0 Å². The van der Waals surface area contributed by atoms with E-state index in [0.29, 0.717) is 4.91 Å². The van der Waals surface area contributed by atoms with Crippen LogP contribution in [0.4, 0.5) is 0 Å². The van der Waals surface area contributed by atoms with E-state index in [4.69, 9.17) is 0 Å². The van der Waals surface area contributed by atoms with Gasteiger partial charge in [0.05, 0.1) is 0 Å². The van der Waals surface area contributed by atoms with Gasteiger partial charge in [0.1, 0.15) is 0 Å². The molecule has 1 unspecified atom stereocenters. The fourth-order valence-corrected chi connectivity index (χ4v) is 1.33. The van der Waals surface area contributed by atoms with E-state index >= 15 is 0 Å².